The Bertz CT molecular complexity index is 993. The molecular formula is C18H16ClF2N5OS. The third-order valence-corrected chi connectivity index (χ3v) is 5.27. The van der Waals surface area contributed by atoms with E-state index in [2.05, 4.69) is 10.2 Å². The number of aromatic nitrogens is 3. The number of nitrogens with zero attached hydrogens (tertiary/aromatic N) is 4. The fourth-order valence-corrected chi connectivity index (χ4v) is 3.47. The van der Waals surface area contributed by atoms with Gasteiger partial charge in [-0.15, -0.1) is 10.2 Å². The average molecular weight is 424 g/mol. The summed E-state index contributed by atoms with van der Waals surface area (Å²) in [7, 11) is 1.55. The lowest BCUT2D eigenvalue weighted by Crippen LogP contribution is -2.28. The van der Waals surface area contributed by atoms with Crippen LogP contribution in [-0.2, 0) is 11.3 Å². The molecule has 0 radical (unpaired) electrons. The van der Waals surface area contributed by atoms with Gasteiger partial charge in [0.15, 0.2) is 5.82 Å². The van der Waals surface area contributed by atoms with E-state index in [0.717, 1.165) is 16.4 Å². The molecule has 2 N–H and O–H groups in total. The summed E-state index contributed by atoms with van der Waals surface area (Å²) in [4.78, 5) is 13.7. The van der Waals surface area contributed by atoms with Gasteiger partial charge in [0.05, 0.1) is 11.3 Å². The molecule has 0 spiro atoms. The van der Waals surface area contributed by atoms with Crippen molar-refractivity contribution < 1.29 is 13.6 Å². The predicted molar refractivity (Wildman–Crippen MR) is 104 cm³/mol. The topological polar surface area (TPSA) is 77.0 Å². The molecule has 0 aliphatic carbocycles. The minimum absolute atomic E-state index is 0.00478. The summed E-state index contributed by atoms with van der Waals surface area (Å²) in [6, 6.07) is 10.4. The second kappa shape index (κ2) is 8.57. The number of hydrogen-bond donors (Lipinski definition) is 1. The Balaban J connectivity index is 1.66. The van der Waals surface area contributed by atoms with E-state index in [-0.39, 0.29) is 45.3 Å². The third-order valence-electron chi connectivity index (χ3n) is 3.99. The van der Waals surface area contributed by atoms with Crippen molar-refractivity contribution in [3.05, 3.63) is 64.7 Å². The van der Waals surface area contributed by atoms with Crippen molar-refractivity contribution >= 4 is 29.3 Å². The van der Waals surface area contributed by atoms with Crippen molar-refractivity contribution in [3.63, 3.8) is 0 Å². The first-order chi connectivity index (χ1) is 13.4. The second-order valence-electron chi connectivity index (χ2n) is 5.89. The zero-order valence-electron chi connectivity index (χ0n) is 14.8. The molecule has 146 valence electrons. The van der Waals surface area contributed by atoms with Gasteiger partial charge in [-0.25, -0.2) is 13.5 Å². The highest BCUT2D eigenvalue weighted by Gasteiger charge is 2.18. The lowest BCUT2D eigenvalue weighted by Gasteiger charge is -2.18. The molecule has 0 fully saturated rings. The van der Waals surface area contributed by atoms with Crippen LogP contribution in [0.15, 0.2) is 47.6 Å². The molecule has 0 bridgehead atoms. The highest BCUT2D eigenvalue weighted by molar-refractivity contribution is 7.99. The summed E-state index contributed by atoms with van der Waals surface area (Å²) < 4.78 is 28.9. The molecule has 3 rings (SSSR count). The lowest BCUT2D eigenvalue weighted by molar-refractivity contribution is -0.127. The van der Waals surface area contributed by atoms with Gasteiger partial charge >= 0.3 is 0 Å². The Labute approximate surface area is 169 Å². The average Bonchev–Trinajstić information content (AvgIpc) is 3.03. The van der Waals surface area contributed by atoms with Crippen molar-refractivity contribution in [2.75, 3.05) is 18.6 Å². The van der Waals surface area contributed by atoms with Crippen LogP contribution in [0.4, 0.5) is 8.78 Å². The largest absolute Gasteiger partial charge is 0.341 e. The summed E-state index contributed by atoms with van der Waals surface area (Å²) in [5.74, 6) is 4.86. The number of thioether (sulfide) groups is 1. The zero-order valence-corrected chi connectivity index (χ0v) is 16.3. The Morgan fingerprint density at radius 1 is 1.18 bits per heavy atom. The maximum absolute atomic E-state index is 13.9. The van der Waals surface area contributed by atoms with Gasteiger partial charge in [0.25, 0.3) is 0 Å². The Morgan fingerprint density at radius 2 is 1.89 bits per heavy atom. The summed E-state index contributed by atoms with van der Waals surface area (Å²) in [5, 5.41) is 8.31. The van der Waals surface area contributed by atoms with Crippen molar-refractivity contribution in [3.8, 4) is 11.4 Å². The minimum atomic E-state index is -0.476. The fraction of sp³-hybridized carbons (Fsp3) is 0.167. The number of carbonyl (C=O) groups excluding carboxylic acids is 1. The maximum atomic E-state index is 13.9. The monoisotopic (exact) mass is 423 g/mol. The molecule has 10 heteroatoms. The van der Waals surface area contributed by atoms with E-state index in [1.165, 1.54) is 29.2 Å². The number of halogens is 3. The van der Waals surface area contributed by atoms with Gasteiger partial charge in [0.2, 0.25) is 11.1 Å². The van der Waals surface area contributed by atoms with Crippen LogP contribution in [0.5, 0.6) is 0 Å². The first kappa shape index (κ1) is 20.1. The van der Waals surface area contributed by atoms with Gasteiger partial charge in [-0.3, -0.25) is 4.79 Å². The van der Waals surface area contributed by atoms with Gasteiger partial charge < -0.3 is 10.7 Å². The van der Waals surface area contributed by atoms with E-state index in [1.807, 2.05) is 0 Å². The van der Waals surface area contributed by atoms with Crippen molar-refractivity contribution in [2.24, 2.45) is 0 Å². The molecule has 28 heavy (non-hydrogen) atoms. The van der Waals surface area contributed by atoms with E-state index < -0.39 is 11.6 Å². The van der Waals surface area contributed by atoms with Crippen LogP contribution in [-0.4, -0.2) is 38.5 Å². The van der Waals surface area contributed by atoms with E-state index in [0.29, 0.717) is 0 Å². The SMILES string of the molecule is CN(Cc1c(F)cccc1Cl)C(=O)CSc1nnc(-c2ccccc2F)n1N. The number of hydrogen-bond acceptors (Lipinski definition) is 5. The van der Waals surface area contributed by atoms with Crippen LogP contribution in [0, 0.1) is 11.6 Å². The number of benzene rings is 2. The number of nitrogens with two attached hydrogens (primary N) is 1. The number of rotatable bonds is 6. The van der Waals surface area contributed by atoms with Crippen LogP contribution in [0.25, 0.3) is 11.4 Å². The van der Waals surface area contributed by atoms with Gasteiger partial charge in [-0.1, -0.05) is 41.6 Å². The number of amides is 1. The predicted octanol–water partition coefficient (Wildman–Crippen LogP) is 3.34. The van der Waals surface area contributed by atoms with E-state index in [9.17, 15) is 13.6 Å². The van der Waals surface area contributed by atoms with Crippen LogP contribution in [0.2, 0.25) is 5.02 Å². The highest BCUT2D eigenvalue weighted by Crippen LogP contribution is 2.24. The van der Waals surface area contributed by atoms with Crippen molar-refractivity contribution in [1.29, 1.82) is 0 Å². The molecule has 0 atom stereocenters. The smallest absolute Gasteiger partial charge is 0.233 e. The van der Waals surface area contributed by atoms with E-state index in [4.69, 9.17) is 17.4 Å². The summed E-state index contributed by atoms with van der Waals surface area (Å²) in [6.45, 7) is 0.0285. The number of nitrogen functional groups attached to an aromatic ring is 1. The van der Waals surface area contributed by atoms with E-state index in [1.54, 1.807) is 25.2 Å². The highest BCUT2D eigenvalue weighted by atomic mass is 35.5. The van der Waals surface area contributed by atoms with Crippen molar-refractivity contribution in [2.45, 2.75) is 11.7 Å². The van der Waals surface area contributed by atoms with Crippen LogP contribution in [0.3, 0.4) is 0 Å². The molecule has 1 heterocycles. The van der Waals surface area contributed by atoms with Crippen molar-refractivity contribution in [1.82, 2.24) is 19.8 Å². The molecule has 3 aromatic rings. The molecule has 1 amide bonds. The molecule has 6 nitrogen and oxygen atoms in total. The molecule has 1 aromatic heterocycles. The van der Waals surface area contributed by atoms with E-state index >= 15 is 0 Å². The standard InChI is InChI=1S/C18H16ClF2N5OS/c1-25(9-12-13(19)6-4-8-15(12)21)16(27)10-28-18-24-23-17(26(18)22)11-5-2-3-7-14(11)20/h2-8H,9-10,22H2,1H3. The van der Waals surface area contributed by atoms with Crippen LogP contribution < -0.4 is 5.84 Å². The van der Waals surface area contributed by atoms with Gasteiger partial charge in [0.1, 0.15) is 11.6 Å². The van der Waals surface area contributed by atoms with Crippen LogP contribution in [0.1, 0.15) is 5.56 Å². The zero-order chi connectivity index (χ0) is 20.3. The first-order valence-corrected chi connectivity index (χ1v) is 9.50. The molecule has 0 saturated heterocycles. The quantitative estimate of drug-likeness (QED) is 0.486. The molecule has 0 aliphatic rings. The van der Waals surface area contributed by atoms with Gasteiger partial charge in [0, 0.05) is 24.2 Å². The fourth-order valence-electron chi connectivity index (χ4n) is 2.45. The number of carbonyl (C=O) groups is 1. The Hall–Kier alpha value is -2.65. The molecule has 0 saturated carbocycles. The molecular weight excluding hydrogens is 408 g/mol. The van der Waals surface area contributed by atoms with Gasteiger partial charge in [-0.05, 0) is 24.3 Å². The summed E-state index contributed by atoms with van der Waals surface area (Å²) in [6.07, 6.45) is 0. The minimum Gasteiger partial charge on any atom is -0.341 e. The van der Waals surface area contributed by atoms with Gasteiger partial charge in [-0.2, -0.15) is 0 Å². The van der Waals surface area contributed by atoms with Crippen LogP contribution >= 0.6 is 23.4 Å². The summed E-state index contributed by atoms with van der Waals surface area (Å²) >= 11 is 7.04. The first-order valence-electron chi connectivity index (χ1n) is 8.13. The second-order valence-corrected chi connectivity index (χ2v) is 7.24. The lowest BCUT2D eigenvalue weighted by atomic mass is 10.2. The Morgan fingerprint density at radius 3 is 2.61 bits per heavy atom. The third kappa shape index (κ3) is 4.26. The molecule has 0 unspecified atom stereocenters. The maximum Gasteiger partial charge on any atom is 0.233 e. The molecule has 0 aliphatic heterocycles. The normalized spacial score (nSPS) is 10.9. The molecule has 2 aromatic carbocycles. The summed E-state index contributed by atoms with van der Waals surface area (Å²) in [5.41, 5.74) is 0.454. The Kier molecular flexibility index (Phi) is 6.15.